The summed E-state index contributed by atoms with van der Waals surface area (Å²) in [6, 6.07) is 15.6. The molecule has 6 nitrogen and oxygen atoms in total. The smallest absolute Gasteiger partial charge is 0.399 e. The quantitative estimate of drug-likeness (QED) is 0.732. The van der Waals surface area contributed by atoms with Gasteiger partial charge in [0.15, 0.2) is 0 Å². The molecule has 1 amide bonds. The van der Waals surface area contributed by atoms with Gasteiger partial charge in [0.05, 0.1) is 11.2 Å². The number of hydrogen-bond acceptors (Lipinski definition) is 5. The second-order valence-corrected chi connectivity index (χ2v) is 9.94. The lowest BCUT2D eigenvalue weighted by Crippen LogP contribution is -2.43. The average Bonchev–Trinajstić information content (AvgIpc) is 2.98. The highest BCUT2D eigenvalue weighted by atomic mass is 16.7. The molecule has 170 valence electrons. The van der Waals surface area contributed by atoms with Crippen LogP contribution in [0.5, 0.6) is 0 Å². The number of nitrogens with zero attached hydrogens (tertiary/aromatic N) is 2. The Morgan fingerprint density at radius 1 is 0.969 bits per heavy atom. The van der Waals surface area contributed by atoms with Crippen LogP contribution in [0.3, 0.4) is 0 Å². The van der Waals surface area contributed by atoms with Gasteiger partial charge in [-0.15, -0.1) is 0 Å². The minimum atomic E-state index is -0.485. The SMILES string of the molecule is CN1CCN(Cc2ccc(NC(=O)c3cccc(B4OC(C)(C)C(C)(C)O4)c3)cc2)CC1. The van der Waals surface area contributed by atoms with E-state index in [0.717, 1.165) is 43.9 Å². The van der Waals surface area contributed by atoms with Crippen molar-refractivity contribution in [3.63, 3.8) is 0 Å². The number of rotatable bonds is 5. The predicted octanol–water partition coefficient (Wildman–Crippen LogP) is 2.99. The lowest BCUT2D eigenvalue weighted by molar-refractivity contribution is 0.00578. The van der Waals surface area contributed by atoms with E-state index in [4.69, 9.17) is 9.31 Å². The molecule has 7 heteroatoms. The number of piperazine rings is 1. The van der Waals surface area contributed by atoms with Crippen molar-refractivity contribution in [2.45, 2.75) is 45.4 Å². The van der Waals surface area contributed by atoms with E-state index in [0.29, 0.717) is 5.56 Å². The van der Waals surface area contributed by atoms with E-state index in [1.54, 1.807) is 0 Å². The van der Waals surface area contributed by atoms with Crippen molar-refractivity contribution >= 4 is 24.2 Å². The van der Waals surface area contributed by atoms with Crippen molar-refractivity contribution in [1.82, 2.24) is 9.80 Å². The van der Waals surface area contributed by atoms with Crippen LogP contribution >= 0.6 is 0 Å². The van der Waals surface area contributed by atoms with E-state index in [1.165, 1.54) is 5.56 Å². The molecule has 0 aliphatic carbocycles. The van der Waals surface area contributed by atoms with Crippen LogP contribution in [0.1, 0.15) is 43.6 Å². The summed E-state index contributed by atoms with van der Waals surface area (Å²) in [7, 11) is 1.68. The van der Waals surface area contributed by atoms with Crippen LogP contribution in [0.4, 0.5) is 5.69 Å². The van der Waals surface area contributed by atoms with Crippen LogP contribution in [0.2, 0.25) is 0 Å². The number of carbonyl (C=O) groups excluding carboxylic acids is 1. The topological polar surface area (TPSA) is 54.0 Å². The van der Waals surface area contributed by atoms with Crippen molar-refractivity contribution < 1.29 is 14.1 Å². The van der Waals surface area contributed by atoms with Gasteiger partial charge in [-0.3, -0.25) is 9.69 Å². The Labute approximate surface area is 192 Å². The molecule has 2 aliphatic rings. The zero-order valence-electron chi connectivity index (χ0n) is 19.9. The monoisotopic (exact) mass is 435 g/mol. The molecule has 0 radical (unpaired) electrons. The summed E-state index contributed by atoms with van der Waals surface area (Å²) in [5, 5.41) is 3.00. The van der Waals surface area contributed by atoms with Crippen LogP contribution in [-0.2, 0) is 15.9 Å². The first-order valence-electron chi connectivity index (χ1n) is 11.4. The van der Waals surface area contributed by atoms with E-state index in [-0.39, 0.29) is 5.91 Å². The first-order chi connectivity index (χ1) is 15.1. The van der Waals surface area contributed by atoms with Crippen LogP contribution < -0.4 is 10.8 Å². The molecule has 2 aromatic carbocycles. The molecular formula is C25H34BN3O3. The number of nitrogens with one attached hydrogen (secondary N) is 1. The predicted molar refractivity (Wildman–Crippen MR) is 129 cm³/mol. The molecule has 0 unspecified atom stereocenters. The maximum Gasteiger partial charge on any atom is 0.494 e. The summed E-state index contributed by atoms with van der Waals surface area (Å²) >= 11 is 0. The molecule has 2 saturated heterocycles. The maximum absolute atomic E-state index is 12.9. The Morgan fingerprint density at radius 3 is 2.22 bits per heavy atom. The zero-order chi connectivity index (χ0) is 22.9. The third-order valence-corrected chi connectivity index (χ3v) is 6.89. The number of amides is 1. The van der Waals surface area contributed by atoms with Crippen molar-refractivity contribution in [3.05, 3.63) is 59.7 Å². The third kappa shape index (κ3) is 5.07. The molecule has 0 spiro atoms. The molecule has 0 saturated carbocycles. The van der Waals surface area contributed by atoms with Gasteiger partial charge in [0.1, 0.15) is 0 Å². The summed E-state index contributed by atoms with van der Waals surface area (Å²) in [5.41, 5.74) is 2.65. The first-order valence-corrected chi connectivity index (χ1v) is 11.4. The van der Waals surface area contributed by atoms with Gasteiger partial charge >= 0.3 is 7.12 Å². The summed E-state index contributed by atoms with van der Waals surface area (Å²) in [6.45, 7) is 13.4. The van der Waals surface area contributed by atoms with Gasteiger partial charge in [-0.2, -0.15) is 0 Å². The molecule has 1 N–H and O–H groups in total. The van der Waals surface area contributed by atoms with Crippen LogP contribution in [0, 0.1) is 0 Å². The average molecular weight is 435 g/mol. The van der Waals surface area contributed by atoms with Gasteiger partial charge in [0.2, 0.25) is 0 Å². The van der Waals surface area contributed by atoms with Gasteiger partial charge in [-0.1, -0.05) is 24.3 Å². The largest absolute Gasteiger partial charge is 0.494 e. The molecule has 0 aromatic heterocycles. The standard InChI is InChI=1S/C25H34BN3O3/c1-24(2)25(3,4)32-26(31-24)21-8-6-7-20(17-21)23(30)27-22-11-9-19(10-12-22)18-29-15-13-28(5)14-16-29/h6-12,17H,13-16,18H2,1-5H3,(H,27,30). The summed E-state index contributed by atoms with van der Waals surface area (Å²) < 4.78 is 12.2. The minimum Gasteiger partial charge on any atom is -0.399 e. The highest BCUT2D eigenvalue weighted by Gasteiger charge is 2.51. The van der Waals surface area contributed by atoms with Crippen molar-refractivity contribution in [2.24, 2.45) is 0 Å². The third-order valence-electron chi connectivity index (χ3n) is 6.89. The van der Waals surface area contributed by atoms with Gasteiger partial charge in [0, 0.05) is 44.0 Å². The van der Waals surface area contributed by atoms with Gasteiger partial charge < -0.3 is 19.5 Å². The van der Waals surface area contributed by atoms with E-state index in [9.17, 15) is 4.79 Å². The molecule has 32 heavy (non-hydrogen) atoms. The Balaban J connectivity index is 1.37. The fraction of sp³-hybridized carbons (Fsp3) is 0.480. The first kappa shape index (κ1) is 23.0. The van der Waals surface area contributed by atoms with E-state index in [1.807, 2.05) is 64.1 Å². The fourth-order valence-electron chi connectivity index (χ4n) is 3.97. The fourth-order valence-corrected chi connectivity index (χ4v) is 3.97. The Hall–Kier alpha value is -2.19. The molecule has 2 aromatic rings. The molecule has 2 aliphatic heterocycles. The van der Waals surface area contributed by atoms with E-state index >= 15 is 0 Å². The second kappa shape index (κ2) is 8.98. The number of likely N-dealkylation sites (N-methyl/N-ethyl adjacent to an activating group) is 1. The Bertz CT molecular complexity index is 937. The highest BCUT2D eigenvalue weighted by Crippen LogP contribution is 2.36. The molecule has 0 bridgehead atoms. The van der Waals surface area contributed by atoms with Crippen molar-refractivity contribution in [3.8, 4) is 0 Å². The highest BCUT2D eigenvalue weighted by molar-refractivity contribution is 6.62. The molecule has 4 rings (SSSR count). The Morgan fingerprint density at radius 2 is 1.59 bits per heavy atom. The van der Waals surface area contributed by atoms with Gasteiger partial charge in [-0.05, 0) is 70.0 Å². The van der Waals surface area contributed by atoms with Gasteiger partial charge in [0.25, 0.3) is 5.91 Å². The molecule has 0 atom stereocenters. The lowest BCUT2D eigenvalue weighted by Gasteiger charge is -2.32. The van der Waals surface area contributed by atoms with Gasteiger partial charge in [-0.25, -0.2) is 0 Å². The van der Waals surface area contributed by atoms with Crippen molar-refractivity contribution in [1.29, 1.82) is 0 Å². The Kier molecular flexibility index (Phi) is 6.45. The molecule has 2 heterocycles. The summed E-state index contributed by atoms with van der Waals surface area (Å²) in [6.07, 6.45) is 0. The minimum absolute atomic E-state index is 0.143. The van der Waals surface area contributed by atoms with Crippen LogP contribution in [0.15, 0.2) is 48.5 Å². The molecular weight excluding hydrogens is 401 g/mol. The summed E-state index contributed by atoms with van der Waals surface area (Å²) in [5.74, 6) is -0.143. The molecule has 2 fully saturated rings. The number of carbonyl (C=O) groups is 1. The van der Waals surface area contributed by atoms with E-state index in [2.05, 4.69) is 34.3 Å². The number of benzene rings is 2. The summed E-state index contributed by atoms with van der Waals surface area (Å²) in [4.78, 5) is 17.7. The van der Waals surface area contributed by atoms with Crippen molar-refractivity contribution in [2.75, 3.05) is 38.5 Å². The normalized spacial score (nSPS) is 21.0. The van der Waals surface area contributed by atoms with Crippen LogP contribution in [0.25, 0.3) is 0 Å². The lowest BCUT2D eigenvalue weighted by atomic mass is 9.78. The van der Waals surface area contributed by atoms with E-state index < -0.39 is 18.3 Å². The zero-order valence-corrected chi connectivity index (χ0v) is 19.9. The van der Waals surface area contributed by atoms with Crippen LogP contribution in [-0.4, -0.2) is 67.3 Å². The number of anilines is 1. The second-order valence-electron chi connectivity index (χ2n) is 9.94. The maximum atomic E-state index is 12.9. The number of hydrogen-bond donors (Lipinski definition) is 1.